The Balaban J connectivity index is -0.000000300. The normalized spacial score (nSPS) is 12.6. The summed E-state index contributed by atoms with van der Waals surface area (Å²) in [6, 6.07) is 1.07. The Bertz CT molecular complexity index is 506. The van der Waals surface area contributed by atoms with E-state index in [-0.39, 0.29) is 50.5 Å². The SMILES string of the molecule is C.C.C.C.C.C.COC(=O)CCCCCCCCCCC[Si](C)(O[Si](C)(C)C)O[Si](C)(C)O[Si](C)(C)C. The number of hydrogen-bond acceptors (Lipinski definition) is 5. The third-order valence-corrected chi connectivity index (χ3v) is 18.3. The monoisotopic (exact) mass is 604 g/mol. The summed E-state index contributed by atoms with van der Waals surface area (Å²) in [4.78, 5) is 11.1. The van der Waals surface area contributed by atoms with Gasteiger partial charge in [0.05, 0.1) is 7.11 Å². The Hall–Kier alpha value is 0.218. The maximum Gasteiger partial charge on any atom is 0.315 e. The fourth-order valence-corrected chi connectivity index (χ4v) is 22.1. The average molecular weight is 605 g/mol. The maximum atomic E-state index is 11.1. The molecule has 0 aromatic carbocycles. The Kier molecular flexibility index (Phi) is 36.4. The lowest BCUT2D eigenvalue weighted by atomic mass is 10.1. The van der Waals surface area contributed by atoms with E-state index in [0.717, 1.165) is 18.9 Å². The highest BCUT2D eigenvalue weighted by Gasteiger charge is 2.44. The largest absolute Gasteiger partial charge is 0.469 e. The van der Waals surface area contributed by atoms with E-state index in [0.29, 0.717) is 6.42 Å². The number of carbonyl (C=O) groups is 1. The van der Waals surface area contributed by atoms with E-state index in [1.807, 2.05) is 0 Å². The number of methoxy groups -OCH3 is 1. The molecule has 1 atom stereocenters. The molecule has 0 aromatic heterocycles. The van der Waals surface area contributed by atoms with Gasteiger partial charge in [0, 0.05) is 6.42 Å². The molecule has 0 aliphatic rings. The molecule has 1 unspecified atom stereocenters. The molecule has 0 rings (SSSR count). The van der Waals surface area contributed by atoms with E-state index in [2.05, 4.69) is 63.7 Å². The molecule has 0 aliphatic heterocycles. The molecule has 0 amide bonds. The summed E-state index contributed by atoms with van der Waals surface area (Å²) >= 11 is 0. The molecule has 5 nitrogen and oxygen atoms in total. The van der Waals surface area contributed by atoms with E-state index >= 15 is 0 Å². The van der Waals surface area contributed by atoms with Gasteiger partial charge >= 0.3 is 23.1 Å². The molecule has 0 heterocycles. The van der Waals surface area contributed by atoms with Gasteiger partial charge in [0.1, 0.15) is 0 Å². The van der Waals surface area contributed by atoms with E-state index in [4.69, 9.17) is 12.3 Å². The first-order valence-electron chi connectivity index (χ1n) is 12.2. The van der Waals surface area contributed by atoms with Gasteiger partial charge in [-0.3, -0.25) is 4.79 Å². The van der Waals surface area contributed by atoms with E-state index in [9.17, 15) is 4.79 Å². The first kappa shape index (κ1) is 53.5. The Labute approximate surface area is 242 Å². The van der Waals surface area contributed by atoms with Crippen LogP contribution in [0, 0.1) is 0 Å². The van der Waals surface area contributed by atoms with Gasteiger partial charge < -0.3 is 17.1 Å². The van der Waals surface area contributed by atoms with Crippen molar-refractivity contribution < 1.29 is 21.9 Å². The molecule has 0 saturated carbocycles. The zero-order valence-electron chi connectivity index (χ0n) is 22.3. The molecule has 37 heavy (non-hydrogen) atoms. The molecule has 0 spiro atoms. The second-order valence-corrected chi connectivity index (χ2v) is 27.8. The second-order valence-electron chi connectivity index (χ2n) is 11.3. The minimum Gasteiger partial charge on any atom is -0.469 e. The van der Waals surface area contributed by atoms with Gasteiger partial charge in [-0.15, -0.1) is 0 Å². The second kappa shape index (κ2) is 25.2. The van der Waals surface area contributed by atoms with Crippen molar-refractivity contribution >= 4 is 39.7 Å². The average Bonchev–Trinajstić information content (AvgIpc) is 2.54. The Morgan fingerprint density at radius 1 is 0.514 bits per heavy atom. The number of hydrogen-bond donors (Lipinski definition) is 0. The summed E-state index contributed by atoms with van der Waals surface area (Å²) in [5.41, 5.74) is 0. The van der Waals surface area contributed by atoms with Crippen molar-refractivity contribution in [2.45, 2.75) is 174 Å². The van der Waals surface area contributed by atoms with Crippen molar-refractivity contribution in [1.82, 2.24) is 0 Å². The maximum absolute atomic E-state index is 11.1. The van der Waals surface area contributed by atoms with Crippen LogP contribution in [0.3, 0.4) is 0 Å². The lowest BCUT2D eigenvalue weighted by Gasteiger charge is -2.41. The molecule has 0 saturated heterocycles. The molecule has 9 heteroatoms. The number of rotatable bonds is 18. The predicted molar refractivity (Wildman–Crippen MR) is 182 cm³/mol. The number of ether oxygens (including phenoxy) is 1. The summed E-state index contributed by atoms with van der Waals surface area (Å²) in [5, 5.41) is 0. The van der Waals surface area contributed by atoms with Gasteiger partial charge in [0.15, 0.2) is 16.6 Å². The molecule has 0 fully saturated rings. The van der Waals surface area contributed by atoms with Crippen LogP contribution >= 0.6 is 0 Å². The number of unbranched alkanes of at least 4 members (excludes halogenated alkanes) is 8. The first-order valence-corrected chi connectivity index (χ1v) is 24.4. The van der Waals surface area contributed by atoms with Crippen LogP contribution in [-0.4, -0.2) is 46.8 Å². The van der Waals surface area contributed by atoms with Crippen LogP contribution in [0.2, 0.25) is 65.0 Å². The molecule has 0 bridgehead atoms. The minimum atomic E-state index is -2.24. The molecule has 0 aliphatic carbocycles. The Morgan fingerprint density at radius 3 is 1.22 bits per heavy atom. The van der Waals surface area contributed by atoms with Crippen LogP contribution in [0.15, 0.2) is 0 Å². The third kappa shape index (κ3) is 34.2. The molecular weight excluding hydrogens is 529 g/mol. The standard InChI is InChI=1S/C22H52O5Si4.6CH4/c1-24-22(23)20-18-16-14-12-11-13-15-17-19-21-31(10,26-29(5,6)7)27-30(8,9)25-28(2,3)4;;;;;;/h11-21H2,1-10H3;6*1H4. The smallest absolute Gasteiger partial charge is 0.315 e. The lowest BCUT2D eigenvalue weighted by molar-refractivity contribution is -0.140. The third-order valence-electron chi connectivity index (χ3n) is 4.78. The fraction of sp³-hybridized carbons (Fsp3) is 0.964. The number of esters is 1. The van der Waals surface area contributed by atoms with Crippen LogP contribution in [-0.2, 0) is 21.9 Å². The van der Waals surface area contributed by atoms with Crippen LogP contribution in [0.5, 0.6) is 0 Å². The topological polar surface area (TPSA) is 54.0 Å². The van der Waals surface area contributed by atoms with Gasteiger partial charge in [-0.1, -0.05) is 95.9 Å². The van der Waals surface area contributed by atoms with Crippen LogP contribution < -0.4 is 0 Å². The molecule has 234 valence electrons. The predicted octanol–water partition coefficient (Wildman–Crippen LogP) is 11.4. The Morgan fingerprint density at radius 2 is 0.865 bits per heavy atom. The van der Waals surface area contributed by atoms with Crippen molar-refractivity contribution in [3.8, 4) is 0 Å². The van der Waals surface area contributed by atoms with Crippen molar-refractivity contribution in [3.63, 3.8) is 0 Å². The highest BCUT2D eigenvalue weighted by atomic mass is 28.5. The van der Waals surface area contributed by atoms with E-state index < -0.39 is 33.8 Å². The summed E-state index contributed by atoms with van der Waals surface area (Å²) in [6.45, 7) is 20.2. The highest BCUT2D eigenvalue weighted by molar-refractivity contribution is 6.89. The summed E-state index contributed by atoms with van der Waals surface area (Å²) in [6.07, 6.45) is 11.4. The first-order chi connectivity index (χ1) is 14.1. The summed E-state index contributed by atoms with van der Waals surface area (Å²) in [5.74, 6) is -0.0873. The zero-order chi connectivity index (χ0) is 24.2. The number of carbonyl (C=O) groups excluding carboxylic acids is 1. The van der Waals surface area contributed by atoms with E-state index in [1.165, 1.54) is 52.1 Å². The highest BCUT2D eigenvalue weighted by Crippen LogP contribution is 2.28. The van der Waals surface area contributed by atoms with Crippen LogP contribution in [0.1, 0.15) is 109 Å². The quantitative estimate of drug-likeness (QED) is 0.0884. The van der Waals surface area contributed by atoms with Gasteiger partial charge in [-0.05, 0) is 71.4 Å². The van der Waals surface area contributed by atoms with Gasteiger partial charge in [-0.25, -0.2) is 0 Å². The summed E-state index contributed by atoms with van der Waals surface area (Å²) < 4.78 is 24.6. The van der Waals surface area contributed by atoms with Gasteiger partial charge in [0.2, 0.25) is 0 Å². The zero-order valence-corrected chi connectivity index (χ0v) is 26.3. The van der Waals surface area contributed by atoms with Gasteiger partial charge in [0.25, 0.3) is 0 Å². The van der Waals surface area contributed by atoms with Crippen molar-refractivity contribution in [2.24, 2.45) is 0 Å². The molecule has 0 aromatic rings. The van der Waals surface area contributed by atoms with Crippen molar-refractivity contribution in [1.29, 1.82) is 0 Å². The van der Waals surface area contributed by atoms with E-state index in [1.54, 1.807) is 0 Å². The van der Waals surface area contributed by atoms with Crippen LogP contribution in [0.4, 0.5) is 0 Å². The molecule has 0 radical (unpaired) electrons. The van der Waals surface area contributed by atoms with Gasteiger partial charge in [-0.2, -0.15) is 0 Å². The van der Waals surface area contributed by atoms with Crippen molar-refractivity contribution in [3.05, 3.63) is 0 Å². The molecule has 0 N–H and O–H groups in total. The fourth-order valence-electron chi connectivity index (χ4n) is 4.10. The molecular formula is C28H76O5Si4. The minimum absolute atomic E-state index is 0. The lowest BCUT2D eigenvalue weighted by Crippen LogP contribution is -2.56. The van der Waals surface area contributed by atoms with Crippen molar-refractivity contribution in [2.75, 3.05) is 7.11 Å². The van der Waals surface area contributed by atoms with Crippen LogP contribution in [0.25, 0.3) is 0 Å². The summed E-state index contributed by atoms with van der Waals surface area (Å²) in [7, 11) is -6.27.